The molecule has 5 rings (SSSR count). The molecule has 0 aliphatic heterocycles. The van der Waals surface area contributed by atoms with Gasteiger partial charge in [0.15, 0.2) is 11.4 Å². The van der Waals surface area contributed by atoms with Crippen LogP contribution < -0.4 is 9.46 Å². The number of hydrogen-bond donors (Lipinski definition) is 1. The predicted molar refractivity (Wildman–Crippen MR) is 130 cm³/mol. The number of sulfonamides is 1. The molecule has 0 unspecified atom stereocenters. The molecule has 10 nitrogen and oxygen atoms in total. The number of rotatable bonds is 7. The largest absolute Gasteiger partial charge is 0.438 e. The van der Waals surface area contributed by atoms with Gasteiger partial charge < -0.3 is 9.26 Å². The van der Waals surface area contributed by atoms with E-state index in [2.05, 4.69) is 25.2 Å². The number of nitrogens with zero attached hydrogens (tertiary/aromatic N) is 5. The van der Waals surface area contributed by atoms with Crippen LogP contribution in [0.25, 0.3) is 16.8 Å². The summed E-state index contributed by atoms with van der Waals surface area (Å²) in [5.74, 6) is 1.08. The first-order valence-electron chi connectivity index (χ1n) is 10.8. The van der Waals surface area contributed by atoms with Crippen LogP contribution in [0.2, 0.25) is 0 Å². The highest BCUT2D eigenvalue weighted by atomic mass is 32.2. The normalized spacial score (nSPS) is 11.6. The minimum absolute atomic E-state index is 0.304. The monoisotopic (exact) mass is 490 g/mol. The second-order valence-electron chi connectivity index (χ2n) is 8.05. The van der Waals surface area contributed by atoms with Crippen molar-refractivity contribution in [1.29, 1.82) is 0 Å². The molecule has 0 spiro atoms. The smallest absolute Gasteiger partial charge is 0.238 e. The summed E-state index contributed by atoms with van der Waals surface area (Å²) in [4.78, 5) is 0. The number of para-hydroxylation sites is 1. The molecule has 0 fully saturated rings. The van der Waals surface area contributed by atoms with Crippen molar-refractivity contribution in [3.63, 3.8) is 0 Å². The highest BCUT2D eigenvalue weighted by Gasteiger charge is 2.18. The van der Waals surface area contributed by atoms with Gasteiger partial charge in [0.1, 0.15) is 17.2 Å². The number of nitrogens with one attached hydrogen (secondary N) is 1. The standard InChI is InChI=1S/C24H22N6O4S/c1-15-16(2)27-30(17(15)3)23-12-13-24(26-25-23)33-19-10-8-18(9-11-19)29-35(31,32)14-21-20-6-4-5-7-22(20)34-28-21/h4-13,29H,14H2,1-3H3. The van der Waals surface area contributed by atoms with Gasteiger partial charge in [-0.25, -0.2) is 13.1 Å². The molecule has 35 heavy (non-hydrogen) atoms. The van der Waals surface area contributed by atoms with E-state index in [1.807, 2.05) is 20.8 Å². The fraction of sp³-hybridized carbons (Fsp3) is 0.167. The van der Waals surface area contributed by atoms with Crippen molar-refractivity contribution < 1.29 is 17.7 Å². The van der Waals surface area contributed by atoms with Crippen molar-refractivity contribution in [2.24, 2.45) is 0 Å². The molecular formula is C24H22N6O4S. The van der Waals surface area contributed by atoms with Gasteiger partial charge in [0, 0.05) is 22.8 Å². The van der Waals surface area contributed by atoms with Gasteiger partial charge in [-0.3, -0.25) is 4.72 Å². The van der Waals surface area contributed by atoms with Crippen LogP contribution >= 0.6 is 0 Å². The summed E-state index contributed by atoms with van der Waals surface area (Å²) in [7, 11) is -3.70. The third-order valence-electron chi connectivity index (χ3n) is 5.63. The summed E-state index contributed by atoms with van der Waals surface area (Å²) in [6, 6.07) is 17.1. The van der Waals surface area contributed by atoms with Gasteiger partial charge in [-0.2, -0.15) is 5.10 Å². The number of fused-ring (bicyclic) bond motifs is 1. The highest BCUT2D eigenvalue weighted by molar-refractivity contribution is 7.91. The number of anilines is 1. The molecule has 0 saturated carbocycles. The van der Waals surface area contributed by atoms with Crippen molar-refractivity contribution >= 4 is 26.7 Å². The van der Waals surface area contributed by atoms with Gasteiger partial charge in [0.05, 0.1) is 5.69 Å². The third-order valence-corrected chi connectivity index (χ3v) is 6.83. The Bertz CT molecular complexity index is 1610. The first-order valence-corrected chi connectivity index (χ1v) is 12.4. The van der Waals surface area contributed by atoms with Crippen LogP contribution in [0.3, 0.4) is 0 Å². The molecule has 3 aromatic heterocycles. The molecule has 178 valence electrons. The van der Waals surface area contributed by atoms with Crippen molar-refractivity contribution in [3.05, 3.63) is 83.3 Å². The molecule has 0 aliphatic carbocycles. The van der Waals surface area contributed by atoms with Crippen LogP contribution in [-0.2, 0) is 15.8 Å². The van der Waals surface area contributed by atoms with Crippen molar-refractivity contribution in [2.45, 2.75) is 26.5 Å². The van der Waals surface area contributed by atoms with Crippen molar-refractivity contribution in [3.8, 4) is 17.4 Å². The zero-order chi connectivity index (χ0) is 24.6. The SMILES string of the molecule is Cc1nn(-c2ccc(Oc3ccc(NS(=O)(=O)Cc4noc5ccccc45)cc3)nn2)c(C)c1C. The predicted octanol–water partition coefficient (Wildman–Crippen LogP) is 4.46. The van der Waals surface area contributed by atoms with Crippen LogP contribution in [-0.4, -0.2) is 33.6 Å². The number of benzene rings is 2. The Labute approximate surface area is 201 Å². The lowest BCUT2D eigenvalue weighted by Crippen LogP contribution is -2.15. The van der Waals surface area contributed by atoms with E-state index in [1.54, 1.807) is 65.3 Å². The summed E-state index contributed by atoms with van der Waals surface area (Å²) in [5.41, 5.74) is 4.34. The molecular weight excluding hydrogens is 468 g/mol. The van der Waals surface area contributed by atoms with Gasteiger partial charge in [-0.15, -0.1) is 10.2 Å². The zero-order valence-electron chi connectivity index (χ0n) is 19.3. The zero-order valence-corrected chi connectivity index (χ0v) is 20.1. The number of hydrogen-bond acceptors (Lipinski definition) is 8. The van der Waals surface area contributed by atoms with Gasteiger partial charge in [0.2, 0.25) is 15.9 Å². The molecule has 0 bridgehead atoms. The van der Waals surface area contributed by atoms with E-state index in [1.165, 1.54) is 0 Å². The van der Waals surface area contributed by atoms with Crippen LogP contribution in [0.5, 0.6) is 11.6 Å². The minimum Gasteiger partial charge on any atom is -0.438 e. The average Bonchev–Trinajstić information content (AvgIpc) is 3.36. The quantitative estimate of drug-likeness (QED) is 0.354. The molecule has 0 radical (unpaired) electrons. The second kappa shape index (κ2) is 8.84. The summed E-state index contributed by atoms with van der Waals surface area (Å²) < 4.78 is 40.5. The van der Waals surface area contributed by atoms with E-state index in [4.69, 9.17) is 9.26 Å². The molecule has 1 N–H and O–H groups in total. The van der Waals surface area contributed by atoms with Crippen LogP contribution in [0.4, 0.5) is 5.69 Å². The molecule has 0 amide bonds. The summed E-state index contributed by atoms with van der Waals surface area (Å²) in [5, 5.41) is 17.4. The molecule has 0 atom stereocenters. The van der Waals surface area contributed by atoms with Crippen molar-refractivity contribution in [2.75, 3.05) is 4.72 Å². The second-order valence-corrected chi connectivity index (χ2v) is 9.77. The Balaban J connectivity index is 1.24. The number of aryl methyl sites for hydroxylation is 1. The highest BCUT2D eigenvalue weighted by Crippen LogP contribution is 2.24. The summed E-state index contributed by atoms with van der Waals surface area (Å²) >= 11 is 0. The lowest BCUT2D eigenvalue weighted by molar-refractivity contribution is 0.448. The fourth-order valence-electron chi connectivity index (χ4n) is 3.57. The van der Waals surface area contributed by atoms with Gasteiger partial charge in [-0.1, -0.05) is 17.3 Å². The number of ether oxygens (including phenoxy) is 1. The number of aromatic nitrogens is 5. The molecule has 0 aliphatic rings. The Kier molecular flexibility index (Phi) is 5.69. The van der Waals surface area contributed by atoms with E-state index < -0.39 is 10.0 Å². The molecule has 2 aromatic carbocycles. The molecule has 11 heteroatoms. The Morgan fingerprint density at radius 3 is 2.43 bits per heavy atom. The van der Waals surface area contributed by atoms with Gasteiger partial charge in [0.25, 0.3) is 0 Å². The molecule has 3 heterocycles. The van der Waals surface area contributed by atoms with Crippen molar-refractivity contribution in [1.82, 2.24) is 25.1 Å². The topological polar surface area (TPSA) is 125 Å². The Hall–Kier alpha value is -4.25. The third kappa shape index (κ3) is 4.71. The van der Waals surface area contributed by atoms with Crippen LogP contribution in [0, 0.1) is 20.8 Å². The lowest BCUT2D eigenvalue weighted by Gasteiger charge is -2.09. The van der Waals surface area contributed by atoms with E-state index in [9.17, 15) is 8.42 Å². The average molecular weight is 491 g/mol. The lowest BCUT2D eigenvalue weighted by atomic mass is 10.2. The Morgan fingerprint density at radius 1 is 0.971 bits per heavy atom. The van der Waals surface area contributed by atoms with E-state index in [-0.39, 0.29) is 5.75 Å². The molecule has 5 aromatic rings. The molecule has 0 saturated heterocycles. The maximum atomic E-state index is 12.6. The first kappa shape index (κ1) is 22.5. The van der Waals surface area contributed by atoms with Gasteiger partial charge >= 0.3 is 0 Å². The minimum atomic E-state index is -3.70. The van der Waals surface area contributed by atoms with E-state index in [0.717, 1.165) is 17.0 Å². The van der Waals surface area contributed by atoms with E-state index in [0.29, 0.717) is 39.8 Å². The first-order chi connectivity index (χ1) is 16.8. The van der Waals surface area contributed by atoms with Crippen LogP contribution in [0.1, 0.15) is 22.6 Å². The summed E-state index contributed by atoms with van der Waals surface area (Å²) in [6.45, 7) is 5.94. The maximum Gasteiger partial charge on any atom is 0.238 e. The summed E-state index contributed by atoms with van der Waals surface area (Å²) in [6.07, 6.45) is 0. The van der Waals surface area contributed by atoms with Gasteiger partial charge in [-0.05, 0) is 68.8 Å². The van der Waals surface area contributed by atoms with E-state index >= 15 is 0 Å². The Morgan fingerprint density at radius 2 is 1.74 bits per heavy atom. The fourth-order valence-corrected chi connectivity index (χ4v) is 4.71. The van der Waals surface area contributed by atoms with Crippen LogP contribution in [0.15, 0.2) is 65.2 Å². The maximum absolute atomic E-state index is 12.6.